The SMILES string of the molecule is CC(C)N1CCC(N2CCN(Cc3ccc(C#CC(C)(C)O)cc3)CC2CCO)CC1. The van der Waals surface area contributed by atoms with Crippen molar-refractivity contribution >= 4 is 0 Å². The first kappa shape index (κ1) is 24.2. The first-order chi connectivity index (χ1) is 14.7. The number of hydrogen-bond donors (Lipinski definition) is 2. The molecule has 172 valence electrons. The Labute approximate surface area is 189 Å². The Morgan fingerprint density at radius 3 is 2.32 bits per heavy atom. The van der Waals surface area contributed by atoms with Crippen LogP contribution in [0, 0.1) is 11.8 Å². The molecule has 0 saturated carbocycles. The van der Waals surface area contributed by atoms with Crippen LogP contribution in [0.4, 0.5) is 0 Å². The highest BCUT2D eigenvalue weighted by atomic mass is 16.3. The Morgan fingerprint density at radius 1 is 1.06 bits per heavy atom. The van der Waals surface area contributed by atoms with E-state index in [-0.39, 0.29) is 6.61 Å². The molecule has 0 bridgehead atoms. The van der Waals surface area contributed by atoms with Crippen molar-refractivity contribution in [2.24, 2.45) is 0 Å². The molecule has 2 N–H and O–H groups in total. The Morgan fingerprint density at radius 2 is 1.74 bits per heavy atom. The van der Waals surface area contributed by atoms with Crippen molar-refractivity contribution in [3.05, 3.63) is 35.4 Å². The Kier molecular flexibility index (Phi) is 8.55. The molecule has 2 saturated heterocycles. The maximum Gasteiger partial charge on any atom is 0.120 e. The molecule has 3 rings (SSSR count). The van der Waals surface area contributed by atoms with Gasteiger partial charge in [0.2, 0.25) is 0 Å². The summed E-state index contributed by atoms with van der Waals surface area (Å²) in [5, 5.41) is 19.4. The zero-order chi connectivity index (χ0) is 22.4. The molecule has 2 aliphatic heterocycles. The topological polar surface area (TPSA) is 50.2 Å². The average molecular weight is 428 g/mol. The van der Waals surface area contributed by atoms with Gasteiger partial charge in [0, 0.05) is 56.5 Å². The van der Waals surface area contributed by atoms with Gasteiger partial charge in [0.25, 0.3) is 0 Å². The van der Waals surface area contributed by atoms with Gasteiger partial charge in [0.1, 0.15) is 5.60 Å². The summed E-state index contributed by atoms with van der Waals surface area (Å²) in [6.45, 7) is 14.7. The van der Waals surface area contributed by atoms with Gasteiger partial charge in [-0.25, -0.2) is 0 Å². The van der Waals surface area contributed by atoms with E-state index in [1.54, 1.807) is 13.8 Å². The van der Waals surface area contributed by atoms with E-state index in [0.717, 1.165) is 38.2 Å². The lowest BCUT2D eigenvalue weighted by Crippen LogP contribution is -2.58. The third kappa shape index (κ3) is 7.30. The first-order valence-corrected chi connectivity index (χ1v) is 11.9. The largest absolute Gasteiger partial charge is 0.396 e. The molecule has 5 nitrogen and oxygen atoms in total. The zero-order valence-electron chi connectivity index (χ0n) is 19.8. The van der Waals surface area contributed by atoms with Crippen LogP contribution in [-0.4, -0.2) is 88.0 Å². The van der Waals surface area contributed by atoms with Crippen molar-refractivity contribution in [1.29, 1.82) is 0 Å². The van der Waals surface area contributed by atoms with E-state index in [2.05, 4.69) is 52.5 Å². The lowest BCUT2D eigenvalue weighted by molar-refractivity contribution is -0.0000297. The number of piperidine rings is 1. The molecule has 31 heavy (non-hydrogen) atoms. The summed E-state index contributed by atoms with van der Waals surface area (Å²) in [5.41, 5.74) is 1.25. The number of aliphatic hydroxyl groups is 2. The molecule has 1 aromatic rings. The number of benzene rings is 1. The summed E-state index contributed by atoms with van der Waals surface area (Å²) in [6.07, 6.45) is 3.34. The van der Waals surface area contributed by atoms with Crippen LogP contribution in [0.2, 0.25) is 0 Å². The van der Waals surface area contributed by atoms with E-state index in [1.807, 2.05) is 12.1 Å². The standard InChI is InChI=1S/C26H41N3O2/c1-21(2)28-14-10-24(11-15-28)29-17-16-27(20-25(29)12-18-30)19-23-7-5-22(6-8-23)9-13-26(3,4)31/h5-8,21,24-25,30-31H,10-12,14-20H2,1-4H3. The van der Waals surface area contributed by atoms with Crippen LogP contribution in [0.25, 0.3) is 0 Å². The van der Waals surface area contributed by atoms with Crippen LogP contribution < -0.4 is 0 Å². The fourth-order valence-electron chi connectivity index (χ4n) is 4.87. The Bertz CT molecular complexity index is 737. The number of piperazine rings is 1. The van der Waals surface area contributed by atoms with Gasteiger partial charge < -0.3 is 15.1 Å². The van der Waals surface area contributed by atoms with Crippen LogP contribution in [0.15, 0.2) is 24.3 Å². The predicted molar refractivity (Wildman–Crippen MR) is 127 cm³/mol. The van der Waals surface area contributed by atoms with Gasteiger partial charge in [-0.1, -0.05) is 24.0 Å². The lowest BCUT2D eigenvalue weighted by Gasteiger charge is -2.48. The van der Waals surface area contributed by atoms with Crippen molar-refractivity contribution in [1.82, 2.24) is 14.7 Å². The molecule has 0 aromatic heterocycles. The van der Waals surface area contributed by atoms with Gasteiger partial charge in [-0.05, 0) is 77.7 Å². The molecule has 0 aliphatic carbocycles. The number of aliphatic hydroxyl groups excluding tert-OH is 1. The minimum absolute atomic E-state index is 0.258. The summed E-state index contributed by atoms with van der Waals surface area (Å²) in [5.74, 6) is 5.91. The summed E-state index contributed by atoms with van der Waals surface area (Å²) in [4.78, 5) is 7.81. The first-order valence-electron chi connectivity index (χ1n) is 11.9. The summed E-state index contributed by atoms with van der Waals surface area (Å²) < 4.78 is 0. The fraction of sp³-hybridized carbons (Fsp3) is 0.692. The van der Waals surface area contributed by atoms with Crippen molar-refractivity contribution in [3.63, 3.8) is 0 Å². The quantitative estimate of drug-likeness (QED) is 0.684. The summed E-state index contributed by atoms with van der Waals surface area (Å²) in [7, 11) is 0. The zero-order valence-corrected chi connectivity index (χ0v) is 19.8. The number of nitrogens with zero attached hydrogens (tertiary/aromatic N) is 3. The van der Waals surface area contributed by atoms with Gasteiger partial charge >= 0.3 is 0 Å². The van der Waals surface area contributed by atoms with Gasteiger partial charge in [-0.15, -0.1) is 0 Å². The Hall–Kier alpha value is -1.42. The van der Waals surface area contributed by atoms with E-state index in [9.17, 15) is 10.2 Å². The average Bonchev–Trinajstić information content (AvgIpc) is 2.73. The molecule has 2 aliphatic rings. The molecular weight excluding hydrogens is 386 g/mol. The molecule has 1 unspecified atom stereocenters. The van der Waals surface area contributed by atoms with E-state index < -0.39 is 5.60 Å². The predicted octanol–water partition coefficient (Wildman–Crippen LogP) is 2.55. The van der Waals surface area contributed by atoms with Gasteiger partial charge in [0.05, 0.1) is 0 Å². The van der Waals surface area contributed by atoms with Crippen molar-refractivity contribution < 1.29 is 10.2 Å². The normalized spacial score (nSPS) is 22.5. The number of hydrogen-bond acceptors (Lipinski definition) is 5. The van der Waals surface area contributed by atoms with Crippen LogP contribution in [-0.2, 0) is 6.54 Å². The van der Waals surface area contributed by atoms with Crippen LogP contribution in [0.3, 0.4) is 0 Å². The van der Waals surface area contributed by atoms with Gasteiger partial charge in [-0.3, -0.25) is 9.80 Å². The number of likely N-dealkylation sites (tertiary alicyclic amines) is 1. The second kappa shape index (κ2) is 10.9. The molecule has 0 radical (unpaired) electrons. The fourth-order valence-corrected chi connectivity index (χ4v) is 4.87. The van der Waals surface area contributed by atoms with E-state index >= 15 is 0 Å². The second-order valence-corrected chi connectivity index (χ2v) is 10.0. The molecule has 1 aromatic carbocycles. The van der Waals surface area contributed by atoms with Gasteiger partial charge in [0.15, 0.2) is 0 Å². The molecule has 0 amide bonds. The van der Waals surface area contributed by atoms with E-state index in [1.165, 1.54) is 31.5 Å². The Balaban J connectivity index is 1.56. The van der Waals surface area contributed by atoms with Crippen LogP contribution >= 0.6 is 0 Å². The monoisotopic (exact) mass is 427 g/mol. The molecular formula is C26H41N3O2. The van der Waals surface area contributed by atoms with E-state index in [4.69, 9.17) is 0 Å². The highest BCUT2D eigenvalue weighted by molar-refractivity contribution is 5.37. The highest BCUT2D eigenvalue weighted by Gasteiger charge is 2.33. The number of rotatable bonds is 6. The molecule has 2 heterocycles. The van der Waals surface area contributed by atoms with Crippen molar-refractivity contribution in [3.8, 4) is 11.8 Å². The maximum absolute atomic E-state index is 9.77. The smallest absolute Gasteiger partial charge is 0.120 e. The van der Waals surface area contributed by atoms with Crippen LogP contribution in [0.5, 0.6) is 0 Å². The summed E-state index contributed by atoms with van der Waals surface area (Å²) in [6, 6.07) is 10.1. The molecule has 0 spiro atoms. The highest BCUT2D eigenvalue weighted by Crippen LogP contribution is 2.25. The molecule has 5 heteroatoms. The van der Waals surface area contributed by atoms with Gasteiger partial charge in [-0.2, -0.15) is 0 Å². The third-order valence-electron chi connectivity index (χ3n) is 6.65. The lowest BCUT2D eigenvalue weighted by atomic mass is 9.97. The maximum atomic E-state index is 9.77. The second-order valence-electron chi connectivity index (χ2n) is 10.0. The minimum Gasteiger partial charge on any atom is -0.396 e. The molecule has 1 atom stereocenters. The third-order valence-corrected chi connectivity index (χ3v) is 6.65. The van der Waals surface area contributed by atoms with E-state index in [0.29, 0.717) is 18.1 Å². The van der Waals surface area contributed by atoms with Crippen LogP contribution in [0.1, 0.15) is 58.1 Å². The van der Waals surface area contributed by atoms with Crippen molar-refractivity contribution in [2.75, 3.05) is 39.3 Å². The van der Waals surface area contributed by atoms with Crippen molar-refractivity contribution in [2.45, 2.75) is 77.2 Å². The molecule has 2 fully saturated rings. The minimum atomic E-state index is -0.967. The summed E-state index contributed by atoms with van der Waals surface area (Å²) >= 11 is 0.